The zero-order chi connectivity index (χ0) is 13.8. The number of aryl methyl sites for hydroxylation is 1. The van der Waals surface area contributed by atoms with E-state index in [2.05, 4.69) is 5.10 Å². The van der Waals surface area contributed by atoms with Crippen LogP contribution in [0.15, 0.2) is 35.1 Å². The molecule has 2 rings (SSSR count). The van der Waals surface area contributed by atoms with E-state index < -0.39 is 0 Å². The van der Waals surface area contributed by atoms with Crippen molar-refractivity contribution >= 4 is 11.6 Å². The first kappa shape index (κ1) is 13.6. The van der Waals surface area contributed by atoms with Crippen LogP contribution in [-0.2, 0) is 12.9 Å². The Morgan fingerprint density at radius 2 is 2.11 bits per heavy atom. The number of ether oxygens (including phenoxy) is 1. The molecule has 19 heavy (non-hydrogen) atoms. The summed E-state index contributed by atoms with van der Waals surface area (Å²) in [6.07, 6.45) is 0. The summed E-state index contributed by atoms with van der Waals surface area (Å²) in [6, 6.07) is 9.32. The van der Waals surface area contributed by atoms with Gasteiger partial charge in [0.05, 0.1) is 18.2 Å². The summed E-state index contributed by atoms with van der Waals surface area (Å²) in [4.78, 5) is 11.8. The van der Waals surface area contributed by atoms with Gasteiger partial charge in [0.2, 0.25) is 0 Å². The maximum absolute atomic E-state index is 11.8. The molecule has 0 saturated carbocycles. The van der Waals surface area contributed by atoms with Crippen LogP contribution in [0.1, 0.15) is 12.5 Å². The van der Waals surface area contributed by atoms with Crippen LogP contribution in [-0.4, -0.2) is 16.4 Å². The minimum Gasteiger partial charge on any atom is -0.493 e. The Balaban J connectivity index is 2.59. The normalized spacial score (nSPS) is 10.5. The van der Waals surface area contributed by atoms with Gasteiger partial charge in [-0.15, -0.1) is 11.6 Å². The van der Waals surface area contributed by atoms with Gasteiger partial charge in [0.1, 0.15) is 5.75 Å². The second-order valence-corrected chi connectivity index (χ2v) is 4.31. The number of nitrogens with zero attached hydrogens (tertiary/aromatic N) is 2. The topological polar surface area (TPSA) is 44.1 Å². The molecule has 0 aliphatic carbocycles. The third-order valence-electron chi connectivity index (χ3n) is 2.74. The highest BCUT2D eigenvalue weighted by molar-refractivity contribution is 6.17. The highest BCUT2D eigenvalue weighted by atomic mass is 35.5. The van der Waals surface area contributed by atoms with E-state index in [1.807, 2.05) is 31.2 Å². The number of aromatic nitrogens is 2. The molecule has 0 aliphatic rings. The number of hydrogen-bond donors (Lipinski definition) is 0. The quantitative estimate of drug-likeness (QED) is 0.808. The van der Waals surface area contributed by atoms with Crippen LogP contribution in [0.5, 0.6) is 5.75 Å². The fraction of sp³-hybridized carbons (Fsp3) is 0.286. The molecule has 0 radical (unpaired) electrons. The summed E-state index contributed by atoms with van der Waals surface area (Å²) in [5.74, 6) is 0.913. The van der Waals surface area contributed by atoms with Crippen LogP contribution < -0.4 is 10.3 Å². The largest absolute Gasteiger partial charge is 0.493 e. The Labute approximate surface area is 116 Å². The Morgan fingerprint density at radius 1 is 1.37 bits per heavy atom. The fourth-order valence-corrected chi connectivity index (χ4v) is 2.05. The van der Waals surface area contributed by atoms with E-state index in [9.17, 15) is 4.79 Å². The van der Waals surface area contributed by atoms with Crippen molar-refractivity contribution in [2.75, 3.05) is 6.61 Å². The van der Waals surface area contributed by atoms with Crippen LogP contribution in [0.2, 0.25) is 0 Å². The lowest BCUT2D eigenvalue weighted by atomic mass is 10.1. The zero-order valence-corrected chi connectivity index (χ0v) is 11.6. The molecule has 1 aromatic heterocycles. The smallest absolute Gasteiger partial charge is 0.270 e. The fourth-order valence-electron chi connectivity index (χ4n) is 1.86. The maximum atomic E-state index is 11.8. The molecule has 0 N–H and O–H groups in total. The number of hydrogen-bond acceptors (Lipinski definition) is 3. The van der Waals surface area contributed by atoms with E-state index in [4.69, 9.17) is 16.3 Å². The van der Waals surface area contributed by atoms with E-state index >= 15 is 0 Å². The number of alkyl halides is 1. The molecule has 0 bridgehead atoms. The molecule has 4 nitrogen and oxygen atoms in total. The van der Waals surface area contributed by atoms with Crippen LogP contribution in [0.4, 0.5) is 0 Å². The van der Waals surface area contributed by atoms with Crippen molar-refractivity contribution in [1.82, 2.24) is 9.78 Å². The van der Waals surface area contributed by atoms with E-state index in [1.165, 1.54) is 4.68 Å². The lowest BCUT2D eigenvalue weighted by Crippen LogP contribution is -2.23. The van der Waals surface area contributed by atoms with E-state index in [0.717, 1.165) is 11.3 Å². The van der Waals surface area contributed by atoms with Crippen molar-refractivity contribution in [2.45, 2.75) is 12.8 Å². The Bertz CT molecular complexity index is 638. The van der Waals surface area contributed by atoms with Gasteiger partial charge in [-0.1, -0.05) is 12.1 Å². The summed E-state index contributed by atoms with van der Waals surface area (Å²) < 4.78 is 6.88. The van der Waals surface area contributed by atoms with Gasteiger partial charge in [-0.05, 0) is 25.1 Å². The predicted octanol–water partition coefficient (Wildman–Crippen LogP) is 2.58. The SMILES string of the molecule is CCOc1ccccc1-c1cc(CCl)c(=O)n(C)n1. The third kappa shape index (κ3) is 2.79. The third-order valence-corrected chi connectivity index (χ3v) is 3.03. The second-order valence-electron chi connectivity index (χ2n) is 4.05. The van der Waals surface area contributed by atoms with Crippen LogP contribution in [0, 0.1) is 0 Å². The van der Waals surface area contributed by atoms with Gasteiger partial charge in [-0.3, -0.25) is 4.79 Å². The van der Waals surface area contributed by atoms with E-state index in [-0.39, 0.29) is 11.4 Å². The maximum Gasteiger partial charge on any atom is 0.270 e. The monoisotopic (exact) mass is 278 g/mol. The molecule has 100 valence electrons. The number of para-hydroxylation sites is 1. The van der Waals surface area contributed by atoms with Crippen molar-refractivity contribution in [3.8, 4) is 17.0 Å². The first-order valence-corrected chi connectivity index (χ1v) is 6.56. The molecule has 0 unspecified atom stereocenters. The minimum atomic E-state index is -0.173. The summed E-state index contributed by atoms with van der Waals surface area (Å²) in [5, 5.41) is 4.26. The molecule has 0 atom stereocenters. The molecule has 0 saturated heterocycles. The minimum absolute atomic E-state index is 0.166. The summed E-state index contributed by atoms with van der Waals surface area (Å²) in [7, 11) is 1.62. The van der Waals surface area contributed by atoms with Gasteiger partial charge in [-0.25, -0.2) is 4.68 Å². The van der Waals surface area contributed by atoms with Crippen LogP contribution in [0.25, 0.3) is 11.3 Å². The van der Waals surface area contributed by atoms with E-state index in [1.54, 1.807) is 13.1 Å². The molecule has 1 aromatic carbocycles. The Hall–Kier alpha value is -1.81. The summed E-state index contributed by atoms with van der Waals surface area (Å²) >= 11 is 5.79. The van der Waals surface area contributed by atoms with Gasteiger partial charge in [-0.2, -0.15) is 5.10 Å². The lowest BCUT2D eigenvalue weighted by Gasteiger charge is -2.11. The van der Waals surface area contributed by atoms with Gasteiger partial charge in [0.25, 0.3) is 5.56 Å². The molecule has 0 spiro atoms. The molecule has 0 aliphatic heterocycles. The number of halogens is 1. The standard InChI is InChI=1S/C14H15ClN2O2/c1-3-19-13-7-5-4-6-11(13)12-8-10(9-15)14(18)17(2)16-12/h4-8H,3,9H2,1-2H3. The highest BCUT2D eigenvalue weighted by Gasteiger charge is 2.11. The average molecular weight is 279 g/mol. The first-order chi connectivity index (χ1) is 9.17. The van der Waals surface area contributed by atoms with Crippen molar-refractivity contribution in [2.24, 2.45) is 7.05 Å². The predicted molar refractivity (Wildman–Crippen MR) is 75.6 cm³/mol. The summed E-state index contributed by atoms with van der Waals surface area (Å²) in [6.45, 7) is 2.50. The van der Waals surface area contributed by atoms with Crippen molar-refractivity contribution in [3.05, 3.63) is 46.2 Å². The Morgan fingerprint density at radius 3 is 2.79 bits per heavy atom. The average Bonchev–Trinajstić information content (AvgIpc) is 2.43. The molecular weight excluding hydrogens is 264 g/mol. The molecule has 1 heterocycles. The van der Waals surface area contributed by atoms with Crippen molar-refractivity contribution in [1.29, 1.82) is 0 Å². The van der Waals surface area contributed by atoms with Gasteiger partial charge in [0, 0.05) is 18.2 Å². The Kier molecular flexibility index (Phi) is 4.22. The molecule has 0 fully saturated rings. The second kappa shape index (κ2) is 5.89. The first-order valence-electron chi connectivity index (χ1n) is 6.02. The lowest BCUT2D eigenvalue weighted by molar-refractivity contribution is 0.341. The van der Waals surface area contributed by atoms with Crippen LogP contribution >= 0.6 is 11.6 Å². The van der Waals surface area contributed by atoms with Crippen molar-refractivity contribution in [3.63, 3.8) is 0 Å². The van der Waals surface area contributed by atoms with Gasteiger partial charge >= 0.3 is 0 Å². The number of benzene rings is 1. The molecular formula is C14H15ClN2O2. The molecule has 0 amide bonds. The van der Waals surface area contributed by atoms with E-state index in [0.29, 0.717) is 17.9 Å². The summed E-state index contributed by atoms with van der Waals surface area (Å²) in [5.41, 5.74) is 1.89. The number of rotatable bonds is 4. The zero-order valence-electron chi connectivity index (χ0n) is 10.9. The molecule has 5 heteroatoms. The molecule has 2 aromatic rings. The van der Waals surface area contributed by atoms with Gasteiger partial charge in [0.15, 0.2) is 0 Å². The highest BCUT2D eigenvalue weighted by Crippen LogP contribution is 2.28. The van der Waals surface area contributed by atoms with Gasteiger partial charge < -0.3 is 4.74 Å². The van der Waals surface area contributed by atoms with Crippen LogP contribution in [0.3, 0.4) is 0 Å². The van der Waals surface area contributed by atoms with Crippen molar-refractivity contribution < 1.29 is 4.74 Å².